The maximum absolute atomic E-state index is 13.3. The van der Waals surface area contributed by atoms with Gasteiger partial charge in [0.15, 0.2) is 0 Å². The summed E-state index contributed by atoms with van der Waals surface area (Å²) < 4.78 is 16.3. The number of aliphatic hydroxyl groups excluding tert-OH is 1. The summed E-state index contributed by atoms with van der Waals surface area (Å²) in [5, 5.41) is 11.4. The van der Waals surface area contributed by atoms with Crippen molar-refractivity contribution in [1.29, 1.82) is 0 Å². The molecule has 3 heterocycles. The van der Waals surface area contributed by atoms with Crippen molar-refractivity contribution in [3.05, 3.63) is 76.8 Å². The highest BCUT2D eigenvalue weighted by Gasteiger charge is 2.49. The Morgan fingerprint density at radius 2 is 1.86 bits per heavy atom. The van der Waals surface area contributed by atoms with E-state index in [1.54, 1.807) is 24.3 Å². The Balaban J connectivity index is 1.73. The molecule has 1 aliphatic rings. The number of methoxy groups -OCH3 is 2. The van der Waals surface area contributed by atoms with E-state index in [2.05, 4.69) is 9.97 Å². The summed E-state index contributed by atoms with van der Waals surface area (Å²) in [4.78, 5) is 35.6. The lowest BCUT2D eigenvalue weighted by molar-refractivity contribution is -0.132. The van der Waals surface area contributed by atoms with Crippen LogP contribution in [-0.4, -0.2) is 41.0 Å². The number of nitrogens with one attached hydrogen (secondary N) is 1. The third-order valence-corrected chi connectivity index (χ3v) is 6.23. The first-order valence-corrected chi connectivity index (χ1v) is 10.9. The molecule has 1 unspecified atom stereocenters. The second-order valence-electron chi connectivity index (χ2n) is 8.26. The van der Waals surface area contributed by atoms with E-state index in [9.17, 15) is 14.7 Å². The Labute approximate surface area is 200 Å². The predicted octanol–water partition coefficient (Wildman–Crippen LogP) is 4.42. The van der Waals surface area contributed by atoms with Crippen molar-refractivity contribution in [1.82, 2.24) is 9.97 Å². The number of rotatable bonds is 5. The van der Waals surface area contributed by atoms with Crippen LogP contribution in [0.15, 0.2) is 58.7 Å². The quantitative estimate of drug-likeness (QED) is 0.250. The molecule has 1 saturated heterocycles. The zero-order valence-electron chi connectivity index (χ0n) is 19.6. The maximum Gasteiger partial charge on any atom is 0.302 e. The average Bonchev–Trinajstić information content (AvgIpc) is 3.57. The minimum atomic E-state index is -1.05. The summed E-state index contributed by atoms with van der Waals surface area (Å²) in [6.45, 7) is 3.95. The highest BCUT2D eigenvalue weighted by atomic mass is 16.5. The number of imidazole rings is 1. The molecule has 9 nitrogen and oxygen atoms in total. The Hall–Kier alpha value is -4.53. The van der Waals surface area contributed by atoms with E-state index in [4.69, 9.17) is 13.9 Å². The van der Waals surface area contributed by atoms with Gasteiger partial charge in [-0.1, -0.05) is 0 Å². The SMILES string of the molecule is COc1ccc(OC)c(/C(O)=C2\C(=O)C(=O)N(c3nc4cc(C)c(C)cc4[nH]3)C2c2ccco2)c1. The van der Waals surface area contributed by atoms with Crippen molar-refractivity contribution in [2.75, 3.05) is 19.1 Å². The lowest BCUT2D eigenvalue weighted by Crippen LogP contribution is -2.30. The van der Waals surface area contributed by atoms with Crippen LogP contribution in [-0.2, 0) is 9.59 Å². The molecule has 0 saturated carbocycles. The summed E-state index contributed by atoms with van der Waals surface area (Å²) in [6.07, 6.45) is 1.44. The Bertz CT molecular complexity index is 1460. The number of anilines is 1. The number of aryl methyl sites for hydroxylation is 2. The Kier molecular flexibility index (Phi) is 5.32. The molecule has 35 heavy (non-hydrogen) atoms. The molecule has 0 radical (unpaired) electrons. The number of H-pyrrole nitrogens is 1. The van der Waals surface area contributed by atoms with E-state index < -0.39 is 23.5 Å². The van der Waals surface area contributed by atoms with Crippen molar-refractivity contribution in [3.8, 4) is 11.5 Å². The number of ketones is 1. The minimum absolute atomic E-state index is 0.149. The van der Waals surface area contributed by atoms with E-state index in [0.29, 0.717) is 22.8 Å². The molecule has 1 aliphatic heterocycles. The molecule has 2 N–H and O–H groups in total. The van der Waals surface area contributed by atoms with Crippen LogP contribution in [0.25, 0.3) is 16.8 Å². The molecule has 178 valence electrons. The number of aromatic amines is 1. The topological polar surface area (TPSA) is 118 Å². The smallest absolute Gasteiger partial charge is 0.302 e. The van der Waals surface area contributed by atoms with Crippen LogP contribution >= 0.6 is 0 Å². The summed E-state index contributed by atoms with van der Waals surface area (Å²) >= 11 is 0. The minimum Gasteiger partial charge on any atom is -0.507 e. The van der Waals surface area contributed by atoms with E-state index in [0.717, 1.165) is 16.6 Å². The molecule has 5 rings (SSSR count). The fourth-order valence-electron chi connectivity index (χ4n) is 4.28. The van der Waals surface area contributed by atoms with Crippen molar-refractivity contribution < 1.29 is 28.6 Å². The molecule has 4 aromatic rings. The number of carbonyl (C=O) groups excluding carboxylic acids is 2. The van der Waals surface area contributed by atoms with Crippen molar-refractivity contribution in [2.45, 2.75) is 19.9 Å². The molecule has 1 atom stereocenters. The molecular weight excluding hydrogens is 450 g/mol. The van der Waals surface area contributed by atoms with Crippen LogP contribution in [0.1, 0.15) is 28.5 Å². The van der Waals surface area contributed by atoms with Gasteiger partial charge < -0.3 is 24.0 Å². The van der Waals surface area contributed by atoms with E-state index >= 15 is 0 Å². The number of amides is 1. The highest BCUT2D eigenvalue weighted by molar-refractivity contribution is 6.51. The zero-order chi connectivity index (χ0) is 24.9. The van der Waals surface area contributed by atoms with Crippen molar-refractivity contribution in [2.24, 2.45) is 0 Å². The summed E-state index contributed by atoms with van der Waals surface area (Å²) in [6, 6.07) is 10.9. The maximum atomic E-state index is 13.3. The molecule has 1 amide bonds. The molecule has 0 spiro atoms. The molecule has 0 bridgehead atoms. The number of carbonyl (C=O) groups is 2. The second kappa shape index (κ2) is 8.35. The van der Waals surface area contributed by atoms with Gasteiger partial charge in [0.2, 0.25) is 5.95 Å². The summed E-state index contributed by atoms with van der Waals surface area (Å²) in [7, 11) is 2.93. The van der Waals surface area contributed by atoms with Gasteiger partial charge in [-0.05, 0) is 67.4 Å². The van der Waals surface area contributed by atoms with Crippen LogP contribution in [0, 0.1) is 13.8 Å². The number of hydrogen-bond donors (Lipinski definition) is 2. The van der Waals surface area contributed by atoms with Gasteiger partial charge in [0, 0.05) is 0 Å². The highest BCUT2D eigenvalue weighted by Crippen LogP contribution is 2.43. The molecule has 2 aromatic carbocycles. The monoisotopic (exact) mass is 473 g/mol. The summed E-state index contributed by atoms with van der Waals surface area (Å²) in [5.41, 5.74) is 3.53. The summed E-state index contributed by atoms with van der Waals surface area (Å²) in [5.74, 6) is -0.915. The number of hydrogen-bond acceptors (Lipinski definition) is 7. The second-order valence-corrected chi connectivity index (χ2v) is 8.26. The third-order valence-electron chi connectivity index (χ3n) is 6.23. The molecule has 9 heteroatoms. The number of ether oxygens (including phenoxy) is 2. The first-order valence-electron chi connectivity index (χ1n) is 10.9. The van der Waals surface area contributed by atoms with Gasteiger partial charge >= 0.3 is 5.91 Å². The van der Waals surface area contributed by atoms with Gasteiger partial charge in [-0.2, -0.15) is 0 Å². The Morgan fingerprint density at radius 1 is 1.09 bits per heavy atom. The first kappa shape index (κ1) is 22.3. The van der Waals surface area contributed by atoms with Crippen LogP contribution in [0.4, 0.5) is 5.95 Å². The van der Waals surface area contributed by atoms with Crippen LogP contribution in [0.5, 0.6) is 11.5 Å². The lowest BCUT2D eigenvalue weighted by Gasteiger charge is -2.21. The largest absolute Gasteiger partial charge is 0.507 e. The number of aliphatic hydroxyl groups is 1. The number of fused-ring (bicyclic) bond motifs is 1. The molecule has 1 fully saturated rings. The van der Waals surface area contributed by atoms with E-state index in [-0.39, 0.29) is 17.1 Å². The Morgan fingerprint density at radius 3 is 2.54 bits per heavy atom. The average molecular weight is 473 g/mol. The fraction of sp³-hybridized carbons (Fsp3) is 0.192. The standard InChI is InChI=1S/C26H23N3O6/c1-13-10-17-18(11-14(13)2)28-26(27-17)29-22(20-6-5-9-35-20)21(24(31)25(29)32)23(30)16-12-15(33-3)7-8-19(16)34-4/h5-12,22,30H,1-4H3,(H,27,28)/b23-21+. The first-order chi connectivity index (χ1) is 16.8. The fourth-order valence-corrected chi connectivity index (χ4v) is 4.28. The third kappa shape index (κ3) is 3.52. The van der Waals surface area contributed by atoms with Crippen molar-refractivity contribution in [3.63, 3.8) is 0 Å². The van der Waals surface area contributed by atoms with Gasteiger partial charge in [0.1, 0.15) is 29.1 Å². The number of benzene rings is 2. The van der Waals surface area contributed by atoms with Gasteiger partial charge in [0.25, 0.3) is 5.78 Å². The number of aromatic nitrogens is 2. The zero-order valence-corrected chi connectivity index (χ0v) is 19.6. The lowest BCUT2D eigenvalue weighted by atomic mass is 9.98. The van der Waals surface area contributed by atoms with Crippen LogP contribution < -0.4 is 14.4 Å². The van der Waals surface area contributed by atoms with Crippen molar-refractivity contribution >= 4 is 34.4 Å². The molecular formula is C26H23N3O6. The van der Waals surface area contributed by atoms with Gasteiger partial charge in [0.05, 0.1) is 42.7 Å². The number of furan rings is 1. The number of Topliss-reactive ketones (excluding diaryl/α,β-unsaturated/α-hetero) is 1. The number of nitrogens with zero attached hydrogens (tertiary/aromatic N) is 2. The molecule has 0 aliphatic carbocycles. The van der Waals surface area contributed by atoms with Crippen LogP contribution in [0.3, 0.4) is 0 Å². The van der Waals surface area contributed by atoms with E-state index in [1.165, 1.54) is 31.4 Å². The molecule has 2 aromatic heterocycles. The van der Waals surface area contributed by atoms with Gasteiger partial charge in [-0.3, -0.25) is 14.5 Å². The van der Waals surface area contributed by atoms with Gasteiger partial charge in [-0.15, -0.1) is 0 Å². The predicted molar refractivity (Wildman–Crippen MR) is 129 cm³/mol. The van der Waals surface area contributed by atoms with E-state index in [1.807, 2.05) is 26.0 Å². The van der Waals surface area contributed by atoms with Crippen LogP contribution in [0.2, 0.25) is 0 Å². The van der Waals surface area contributed by atoms with Gasteiger partial charge in [-0.25, -0.2) is 4.98 Å². The normalized spacial score (nSPS) is 17.4.